The van der Waals surface area contributed by atoms with E-state index in [-0.39, 0.29) is 0 Å². The molecule has 4 rings (SSSR count). The summed E-state index contributed by atoms with van der Waals surface area (Å²) in [6.07, 6.45) is 5.28. The molecule has 1 aromatic carbocycles. The van der Waals surface area contributed by atoms with Gasteiger partial charge in [0.1, 0.15) is 5.04 Å². The van der Waals surface area contributed by atoms with Crippen molar-refractivity contribution in [1.82, 2.24) is 9.88 Å². The van der Waals surface area contributed by atoms with E-state index in [0.29, 0.717) is 12.1 Å². The van der Waals surface area contributed by atoms with Gasteiger partial charge in [-0.15, -0.1) is 11.8 Å². The summed E-state index contributed by atoms with van der Waals surface area (Å²) >= 11 is 1.87. The molecule has 5 heteroatoms. The minimum absolute atomic E-state index is 0.405. The zero-order valence-corrected chi connectivity index (χ0v) is 15.3. The van der Waals surface area contributed by atoms with Crippen LogP contribution in [0, 0.1) is 0 Å². The van der Waals surface area contributed by atoms with Gasteiger partial charge >= 0.3 is 0 Å². The highest BCUT2D eigenvalue weighted by atomic mass is 32.2. The van der Waals surface area contributed by atoms with E-state index in [4.69, 9.17) is 4.99 Å². The van der Waals surface area contributed by atoms with Crippen LogP contribution < -0.4 is 5.32 Å². The Labute approximate surface area is 148 Å². The second kappa shape index (κ2) is 6.81. The van der Waals surface area contributed by atoms with Crippen molar-refractivity contribution in [2.75, 3.05) is 31.7 Å². The molecule has 128 valence electrons. The van der Waals surface area contributed by atoms with E-state index < -0.39 is 0 Å². The second-order valence-corrected chi connectivity index (χ2v) is 8.25. The van der Waals surface area contributed by atoms with Crippen molar-refractivity contribution < 1.29 is 0 Å². The highest BCUT2D eigenvalue weighted by Gasteiger charge is 2.22. The lowest BCUT2D eigenvalue weighted by atomic mass is 10.2. The summed E-state index contributed by atoms with van der Waals surface area (Å²) in [5.41, 5.74) is 3.62. The highest BCUT2D eigenvalue weighted by Crippen LogP contribution is 2.31. The molecule has 0 amide bonds. The molecular weight excluding hydrogens is 316 g/mol. The number of nitrogens with zero attached hydrogens (tertiary/aromatic N) is 2. The lowest BCUT2D eigenvalue weighted by molar-refractivity contribution is 0.387. The Balaban J connectivity index is 1.59. The van der Waals surface area contributed by atoms with Crippen molar-refractivity contribution in [3.05, 3.63) is 30.0 Å². The molecule has 0 saturated heterocycles. The summed E-state index contributed by atoms with van der Waals surface area (Å²) < 4.78 is 0. The van der Waals surface area contributed by atoms with Gasteiger partial charge in [-0.05, 0) is 39.1 Å². The van der Waals surface area contributed by atoms with Crippen LogP contribution in [0.4, 0.5) is 5.69 Å². The van der Waals surface area contributed by atoms with E-state index in [1.165, 1.54) is 42.3 Å². The fourth-order valence-electron chi connectivity index (χ4n) is 3.76. The summed E-state index contributed by atoms with van der Waals surface area (Å²) in [4.78, 5) is 10.8. The number of rotatable bonds is 5. The summed E-state index contributed by atoms with van der Waals surface area (Å²) in [6, 6.07) is 9.81. The van der Waals surface area contributed by atoms with Crippen LogP contribution in [0.1, 0.15) is 31.4 Å². The van der Waals surface area contributed by atoms with Crippen molar-refractivity contribution in [2.45, 2.75) is 37.8 Å². The first-order chi connectivity index (χ1) is 11.7. The first-order valence-corrected chi connectivity index (χ1v) is 9.91. The number of aromatic nitrogens is 1. The highest BCUT2D eigenvalue weighted by molar-refractivity contribution is 8.14. The zero-order valence-electron chi connectivity index (χ0n) is 14.5. The molecule has 0 bridgehead atoms. The summed E-state index contributed by atoms with van der Waals surface area (Å²) in [7, 11) is 4.23. The van der Waals surface area contributed by atoms with Gasteiger partial charge in [0.2, 0.25) is 0 Å². The molecule has 2 aliphatic rings. The van der Waals surface area contributed by atoms with Crippen LogP contribution in [0.2, 0.25) is 0 Å². The molecule has 0 radical (unpaired) electrons. The molecule has 1 atom stereocenters. The number of hydrogen-bond donors (Lipinski definition) is 2. The summed E-state index contributed by atoms with van der Waals surface area (Å²) in [6.45, 7) is 1.02. The second-order valence-electron chi connectivity index (χ2n) is 7.24. The molecule has 2 N–H and O–H groups in total. The molecule has 4 nitrogen and oxygen atoms in total. The monoisotopic (exact) mass is 342 g/mol. The largest absolute Gasteiger partial charge is 0.381 e. The Morgan fingerprint density at radius 1 is 1.29 bits per heavy atom. The Hall–Kier alpha value is -1.46. The van der Waals surface area contributed by atoms with Crippen LogP contribution in [0.3, 0.4) is 0 Å². The van der Waals surface area contributed by atoms with Crippen molar-refractivity contribution >= 4 is 33.4 Å². The van der Waals surface area contributed by atoms with Crippen molar-refractivity contribution in [2.24, 2.45) is 4.99 Å². The molecule has 2 heterocycles. The van der Waals surface area contributed by atoms with Crippen LogP contribution in [-0.2, 0) is 0 Å². The maximum atomic E-state index is 4.91. The average molecular weight is 343 g/mol. The van der Waals surface area contributed by atoms with Crippen molar-refractivity contribution in [3.8, 4) is 0 Å². The van der Waals surface area contributed by atoms with Crippen LogP contribution in [0.15, 0.2) is 29.3 Å². The van der Waals surface area contributed by atoms with Gasteiger partial charge in [0.15, 0.2) is 0 Å². The molecule has 24 heavy (non-hydrogen) atoms. The van der Waals surface area contributed by atoms with E-state index in [1.54, 1.807) is 0 Å². The summed E-state index contributed by atoms with van der Waals surface area (Å²) in [5.74, 6) is 1.08. The van der Waals surface area contributed by atoms with E-state index >= 15 is 0 Å². The number of thioether (sulfide) groups is 1. The van der Waals surface area contributed by atoms with Gasteiger partial charge in [0, 0.05) is 23.7 Å². The predicted octanol–water partition coefficient (Wildman–Crippen LogP) is 3.95. The lowest BCUT2D eigenvalue weighted by Gasteiger charge is -2.14. The number of para-hydroxylation sites is 1. The van der Waals surface area contributed by atoms with Crippen LogP contribution in [0.25, 0.3) is 10.9 Å². The van der Waals surface area contributed by atoms with Gasteiger partial charge in [-0.3, -0.25) is 4.99 Å². The summed E-state index contributed by atoms with van der Waals surface area (Å²) in [5, 5.41) is 6.17. The van der Waals surface area contributed by atoms with E-state index in [2.05, 4.69) is 53.6 Å². The minimum atomic E-state index is 0.405. The normalized spacial score (nSPS) is 21.8. The van der Waals surface area contributed by atoms with Gasteiger partial charge in [-0.25, -0.2) is 0 Å². The van der Waals surface area contributed by atoms with Crippen LogP contribution in [0.5, 0.6) is 0 Å². The Kier molecular flexibility index (Phi) is 4.55. The number of benzene rings is 1. The third-order valence-electron chi connectivity index (χ3n) is 4.89. The maximum absolute atomic E-state index is 4.91. The topological polar surface area (TPSA) is 43.4 Å². The standard InChI is InChI=1S/C19H26N4S/c1-23(2)11-15-12-24-19(21-15)17-10-13-6-5-9-16(18(13)22-17)20-14-7-3-4-8-14/h5-6,9-10,14-15,20,22H,3-4,7-8,11-12H2,1-2H3. The van der Waals surface area contributed by atoms with E-state index in [9.17, 15) is 0 Å². The molecule has 1 aliphatic carbocycles. The number of H-pyrrole nitrogens is 1. The number of likely N-dealkylation sites (N-methyl/N-ethyl adjacent to an activating group) is 1. The van der Waals surface area contributed by atoms with Gasteiger partial charge in [-0.1, -0.05) is 25.0 Å². The number of aromatic amines is 1. The van der Waals surface area contributed by atoms with Crippen LogP contribution >= 0.6 is 11.8 Å². The van der Waals surface area contributed by atoms with E-state index in [1.807, 2.05) is 11.8 Å². The zero-order chi connectivity index (χ0) is 16.5. The predicted molar refractivity (Wildman–Crippen MR) is 106 cm³/mol. The molecular formula is C19H26N4S. The molecule has 0 spiro atoms. The fraction of sp³-hybridized carbons (Fsp3) is 0.526. The number of aliphatic imine (C=N–C) groups is 1. The smallest absolute Gasteiger partial charge is 0.114 e. The molecule has 1 fully saturated rings. The molecule has 1 aliphatic heterocycles. The minimum Gasteiger partial charge on any atom is -0.381 e. The number of hydrogen-bond acceptors (Lipinski definition) is 4. The Bertz CT molecular complexity index is 743. The van der Waals surface area contributed by atoms with Gasteiger partial charge < -0.3 is 15.2 Å². The third kappa shape index (κ3) is 3.33. The van der Waals surface area contributed by atoms with Gasteiger partial charge in [0.25, 0.3) is 0 Å². The van der Waals surface area contributed by atoms with Crippen molar-refractivity contribution in [1.29, 1.82) is 0 Å². The molecule has 1 unspecified atom stereocenters. The SMILES string of the molecule is CN(C)CC1CSC(c2cc3cccc(NC4CCCC4)c3[nH]2)=N1. The third-order valence-corrected chi connectivity index (χ3v) is 6.04. The number of anilines is 1. The molecule has 1 aromatic heterocycles. The van der Waals surface area contributed by atoms with E-state index in [0.717, 1.165) is 23.0 Å². The quantitative estimate of drug-likeness (QED) is 0.865. The first-order valence-electron chi connectivity index (χ1n) is 8.93. The van der Waals surface area contributed by atoms with Crippen molar-refractivity contribution in [3.63, 3.8) is 0 Å². The Morgan fingerprint density at radius 3 is 2.92 bits per heavy atom. The fourth-order valence-corrected chi connectivity index (χ4v) is 4.78. The van der Waals surface area contributed by atoms with Gasteiger partial charge in [-0.2, -0.15) is 0 Å². The maximum Gasteiger partial charge on any atom is 0.114 e. The molecule has 1 saturated carbocycles. The first kappa shape index (κ1) is 16.0. The number of fused-ring (bicyclic) bond motifs is 1. The molecule has 2 aromatic rings. The average Bonchev–Trinajstić information content (AvgIpc) is 3.25. The lowest BCUT2D eigenvalue weighted by Crippen LogP contribution is -2.24. The van der Waals surface area contributed by atoms with Gasteiger partial charge in [0.05, 0.1) is 22.9 Å². The van der Waals surface area contributed by atoms with Crippen LogP contribution in [-0.4, -0.2) is 53.4 Å². The Morgan fingerprint density at radius 2 is 2.12 bits per heavy atom. The number of nitrogens with one attached hydrogen (secondary N) is 2.